The zero-order valence-corrected chi connectivity index (χ0v) is 23.2. The minimum Gasteiger partial charge on any atom is -0.508 e. The lowest BCUT2D eigenvalue weighted by molar-refractivity contribution is -0.143. The number of carbonyl (C=O) groups is 1. The second-order valence-corrected chi connectivity index (χ2v) is 11.0. The predicted molar refractivity (Wildman–Crippen MR) is 141 cm³/mol. The summed E-state index contributed by atoms with van der Waals surface area (Å²) in [6.45, 7) is 9.51. The van der Waals surface area contributed by atoms with Crippen LogP contribution in [0.1, 0.15) is 46.5 Å². The van der Waals surface area contributed by atoms with Crippen molar-refractivity contribution in [3.63, 3.8) is 0 Å². The minimum absolute atomic E-state index is 0.0227. The highest BCUT2D eigenvalue weighted by molar-refractivity contribution is 5.95. The fourth-order valence-electron chi connectivity index (χ4n) is 5.60. The summed E-state index contributed by atoms with van der Waals surface area (Å²) in [5.74, 6) is -0.825. The first kappa shape index (κ1) is 31.1. The van der Waals surface area contributed by atoms with Gasteiger partial charge >= 0.3 is 12.4 Å². The number of phenols is 1. The van der Waals surface area contributed by atoms with Gasteiger partial charge in [-0.15, -0.1) is 0 Å². The molecule has 226 valence electrons. The lowest BCUT2D eigenvalue weighted by Gasteiger charge is -2.44. The fourth-order valence-corrected chi connectivity index (χ4v) is 5.60. The highest BCUT2D eigenvalue weighted by Crippen LogP contribution is 2.37. The second-order valence-electron chi connectivity index (χ2n) is 11.0. The molecule has 1 amide bonds. The van der Waals surface area contributed by atoms with E-state index in [1.807, 2.05) is 0 Å². The molecular formula is C29H35F6N3O3. The Morgan fingerprint density at radius 2 is 1.54 bits per heavy atom. The third kappa shape index (κ3) is 7.52. The van der Waals surface area contributed by atoms with Crippen molar-refractivity contribution in [1.29, 1.82) is 0 Å². The number of morpholine rings is 1. The summed E-state index contributed by atoms with van der Waals surface area (Å²) < 4.78 is 86.5. The largest absolute Gasteiger partial charge is 0.508 e. The summed E-state index contributed by atoms with van der Waals surface area (Å²) in [5.41, 5.74) is -2.35. The van der Waals surface area contributed by atoms with Gasteiger partial charge in [-0.2, -0.15) is 26.3 Å². The molecule has 3 atom stereocenters. The molecule has 2 heterocycles. The van der Waals surface area contributed by atoms with Gasteiger partial charge in [-0.1, -0.05) is 12.1 Å². The zero-order chi connectivity index (χ0) is 30.1. The Balaban J connectivity index is 1.60. The molecule has 2 aliphatic heterocycles. The summed E-state index contributed by atoms with van der Waals surface area (Å²) in [6.07, 6.45) is -9.84. The number of benzene rings is 2. The quantitative estimate of drug-likeness (QED) is 0.470. The van der Waals surface area contributed by atoms with E-state index >= 15 is 0 Å². The van der Waals surface area contributed by atoms with Crippen molar-refractivity contribution in [3.05, 3.63) is 64.2 Å². The van der Waals surface area contributed by atoms with Gasteiger partial charge in [0, 0.05) is 56.4 Å². The molecule has 2 aromatic rings. The minimum atomic E-state index is -5.05. The number of hydrogen-bond donors (Lipinski definition) is 1. The number of carbonyl (C=O) groups excluding carboxylic acids is 1. The number of ether oxygens (including phenoxy) is 1. The van der Waals surface area contributed by atoms with E-state index in [9.17, 15) is 36.2 Å². The normalized spacial score (nSPS) is 23.1. The predicted octanol–water partition coefficient (Wildman–Crippen LogP) is 5.22. The summed E-state index contributed by atoms with van der Waals surface area (Å²) in [5, 5.41) is 10.2. The molecule has 0 bridgehead atoms. The van der Waals surface area contributed by atoms with Gasteiger partial charge in [0.2, 0.25) is 0 Å². The van der Waals surface area contributed by atoms with E-state index in [1.165, 1.54) is 4.90 Å². The van der Waals surface area contributed by atoms with Crippen molar-refractivity contribution >= 4 is 5.91 Å². The molecule has 1 N–H and O–H groups in total. The number of aryl methyl sites for hydroxylation is 1. The molecule has 2 saturated heterocycles. The van der Waals surface area contributed by atoms with E-state index in [4.69, 9.17) is 4.74 Å². The summed E-state index contributed by atoms with van der Waals surface area (Å²) in [6, 6.07) is 6.01. The van der Waals surface area contributed by atoms with Crippen molar-refractivity contribution < 1.29 is 41.0 Å². The van der Waals surface area contributed by atoms with Crippen LogP contribution in [0.4, 0.5) is 26.3 Å². The average molecular weight is 588 g/mol. The molecule has 0 radical (unpaired) electrons. The number of amides is 1. The van der Waals surface area contributed by atoms with Crippen LogP contribution in [0.5, 0.6) is 5.75 Å². The maximum absolute atomic E-state index is 13.6. The third-order valence-electron chi connectivity index (χ3n) is 7.93. The highest BCUT2D eigenvalue weighted by atomic mass is 19.4. The molecule has 0 saturated carbocycles. The molecular weight excluding hydrogens is 552 g/mol. The monoisotopic (exact) mass is 587 g/mol. The van der Waals surface area contributed by atoms with Gasteiger partial charge in [0.15, 0.2) is 0 Å². The number of aromatic hydroxyl groups is 1. The molecule has 2 aromatic carbocycles. The average Bonchev–Trinajstić information content (AvgIpc) is 2.89. The van der Waals surface area contributed by atoms with E-state index in [0.29, 0.717) is 56.1 Å². The van der Waals surface area contributed by atoms with E-state index in [0.717, 1.165) is 6.54 Å². The van der Waals surface area contributed by atoms with Gasteiger partial charge in [0.05, 0.1) is 24.3 Å². The van der Waals surface area contributed by atoms with Crippen LogP contribution in [0.3, 0.4) is 0 Å². The first-order valence-electron chi connectivity index (χ1n) is 13.6. The van der Waals surface area contributed by atoms with Gasteiger partial charge < -0.3 is 14.7 Å². The Labute approximate surface area is 235 Å². The number of halogens is 6. The van der Waals surface area contributed by atoms with Gasteiger partial charge in [0.25, 0.3) is 5.91 Å². The van der Waals surface area contributed by atoms with Gasteiger partial charge in [-0.25, -0.2) is 0 Å². The number of nitrogens with zero attached hydrogens (tertiary/aromatic N) is 3. The van der Waals surface area contributed by atoms with Crippen LogP contribution in [-0.2, 0) is 23.5 Å². The standard InChI is InChI=1S/C29H35F6N3O3/c1-18-4-5-21(11-26(18)39)10-25-15-36(6-8-37-19(2)16-41-17-20(37)3)7-9-38(25)27(40)22-12-23(28(30,31)32)14-24(13-22)29(33,34)35/h4-5,11-14,19-20,25,39H,6-10,15-17H2,1-3H3/t19-,20+,25-/m1/s1. The van der Waals surface area contributed by atoms with E-state index in [1.54, 1.807) is 25.1 Å². The first-order chi connectivity index (χ1) is 19.1. The Morgan fingerprint density at radius 1 is 0.927 bits per heavy atom. The summed E-state index contributed by atoms with van der Waals surface area (Å²) >= 11 is 0. The van der Waals surface area contributed by atoms with Crippen molar-refractivity contribution in [3.8, 4) is 5.75 Å². The Morgan fingerprint density at radius 3 is 2.10 bits per heavy atom. The highest BCUT2D eigenvalue weighted by Gasteiger charge is 2.39. The molecule has 0 aliphatic carbocycles. The van der Waals surface area contributed by atoms with Crippen LogP contribution in [0.2, 0.25) is 0 Å². The molecule has 2 fully saturated rings. The Bertz CT molecular complexity index is 1190. The Kier molecular flexibility index (Phi) is 9.25. The van der Waals surface area contributed by atoms with Crippen molar-refractivity contribution in [2.24, 2.45) is 0 Å². The van der Waals surface area contributed by atoms with Gasteiger partial charge in [0.1, 0.15) is 5.75 Å². The van der Waals surface area contributed by atoms with E-state index in [2.05, 4.69) is 23.6 Å². The topological polar surface area (TPSA) is 56.2 Å². The molecule has 2 aliphatic rings. The van der Waals surface area contributed by atoms with Crippen molar-refractivity contribution in [2.45, 2.75) is 57.7 Å². The van der Waals surface area contributed by atoms with Gasteiger partial charge in [-0.05, 0) is 62.6 Å². The molecule has 0 unspecified atom stereocenters. The van der Waals surface area contributed by atoms with Crippen LogP contribution in [-0.4, -0.2) is 89.8 Å². The number of phenolic OH excluding ortho intramolecular Hbond substituents is 1. The molecule has 0 spiro atoms. The number of hydrogen-bond acceptors (Lipinski definition) is 5. The molecule has 41 heavy (non-hydrogen) atoms. The maximum atomic E-state index is 13.6. The lowest BCUT2D eigenvalue weighted by atomic mass is 9.98. The molecule has 4 rings (SSSR count). The smallest absolute Gasteiger partial charge is 0.416 e. The summed E-state index contributed by atoms with van der Waals surface area (Å²) in [4.78, 5) is 19.4. The van der Waals surface area contributed by atoms with Gasteiger partial charge in [-0.3, -0.25) is 14.6 Å². The zero-order valence-electron chi connectivity index (χ0n) is 23.2. The van der Waals surface area contributed by atoms with Crippen LogP contribution >= 0.6 is 0 Å². The van der Waals surface area contributed by atoms with Crippen molar-refractivity contribution in [1.82, 2.24) is 14.7 Å². The Hall–Kier alpha value is -2.83. The van der Waals surface area contributed by atoms with Crippen molar-refractivity contribution in [2.75, 3.05) is 45.9 Å². The fraction of sp³-hybridized carbons (Fsp3) is 0.552. The van der Waals surface area contributed by atoms with Crippen LogP contribution in [0.15, 0.2) is 36.4 Å². The first-order valence-corrected chi connectivity index (χ1v) is 13.6. The molecule has 0 aromatic heterocycles. The summed E-state index contributed by atoms with van der Waals surface area (Å²) in [7, 11) is 0. The van der Waals surface area contributed by atoms with Crippen LogP contribution < -0.4 is 0 Å². The number of rotatable bonds is 6. The molecule has 6 nitrogen and oxygen atoms in total. The lowest BCUT2D eigenvalue weighted by Crippen LogP contribution is -2.58. The maximum Gasteiger partial charge on any atom is 0.416 e. The third-order valence-corrected chi connectivity index (χ3v) is 7.93. The van der Waals surface area contributed by atoms with Crippen LogP contribution in [0.25, 0.3) is 0 Å². The van der Waals surface area contributed by atoms with E-state index < -0.39 is 41.0 Å². The SMILES string of the molecule is Cc1ccc(C[C@@H]2CN(CCN3[C@H](C)COC[C@@H]3C)CCN2C(=O)c2cc(C(F)(F)F)cc(C(F)(F)F)c2)cc1O. The van der Waals surface area contributed by atoms with Crippen LogP contribution in [0, 0.1) is 6.92 Å². The number of alkyl halides is 6. The van der Waals surface area contributed by atoms with E-state index in [-0.39, 0.29) is 36.9 Å². The number of piperazine rings is 1. The second kappa shape index (κ2) is 12.2. The molecule has 12 heteroatoms.